The number of likely N-dealkylation sites (N-methyl/N-ethyl adjacent to an activating group) is 1. The highest BCUT2D eigenvalue weighted by atomic mass is 19.1. The smallest absolute Gasteiger partial charge is 0.255 e. The Morgan fingerprint density at radius 3 is 2.16 bits per heavy atom. The molecule has 2 aromatic rings. The molecular formula is C25H29FN4O2. The van der Waals surface area contributed by atoms with Gasteiger partial charge in [0.25, 0.3) is 11.8 Å². The number of rotatable bonds is 4. The lowest BCUT2D eigenvalue weighted by Crippen LogP contribution is -2.26. The number of aromatic amines is 1. The van der Waals surface area contributed by atoms with Gasteiger partial charge in [0.15, 0.2) is 0 Å². The van der Waals surface area contributed by atoms with E-state index in [-0.39, 0.29) is 17.6 Å². The lowest BCUT2D eigenvalue weighted by molar-refractivity contribution is -0.124. The third kappa shape index (κ3) is 3.90. The monoisotopic (exact) mass is 436 g/mol. The van der Waals surface area contributed by atoms with Gasteiger partial charge in [0.2, 0.25) is 0 Å². The molecule has 6 nitrogen and oxygen atoms in total. The fourth-order valence-corrected chi connectivity index (χ4v) is 4.07. The number of aliphatic imine (C=N–C) groups is 1. The van der Waals surface area contributed by atoms with Crippen molar-refractivity contribution in [3.8, 4) is 0 Å². The summed E-state index contributed by atoms with van der Waals surface area (Å²) in [5.74, 6) is -0.635. The van der Waals surface area contributed by atoms with Crippen LogP contribution in [0, 0.1) is 19.7 Å². The number of hydrogen-bond donors (Lipinski definition) is 1. The van der Waals surface area contributed by atoms with Crippen LogP contribution >= 0.6 is 0 Å². The van der Waals surface area contributed by atoms with Crippen LogP contribution in [0.25, 0.3) is 5.57 Å². The van der Waals surface area contributed by atoms with Gasteiger partial charge < -0.3 is 14.8 Å². The highest BCUT2D eigenvalue weighted by molar-refractivity contribution is 6.24. The SMILES string of the molecule is CC1=N/C(=C(/c2cccc(F)c2)c2[nH]c(C)c(C(=O)N(C)C)c2C)C(C)=C1C(=O)N(C)C. The third-order valence-electron chi connectivity index (χ3n) is 5.65. The van der Waals surface area contributed by atoms with Gasteiger partial charge in [-0.3, -0.25) is 14.6 Å². The van der Waals surface area contributed by atoms with Gasteiger partial charge in [0.1, 0.15) is 5.82 Å². The predicted molar refractivity (Wildman–Crippen MR) is 125 cm³/mol. The van der Waals surface area contributed by atoms with Gasteiger partial charge in [0, 0.05) is 39.5 Å². The minimum atomic E-state index is -0.379. The Kier molecular flexibility index (Phi) is 6.21. The molecule has 1 aromatic carbocycles. The Morgan fingerprint density at radius 1 is 0.969 bits per heavy atom. The van der Waals surface area contributed by atoms with E-state index in [1.165, 1.54) is 21.9 Å². The summed E-state index contributed by atoms with van der Waals surface area (Å²) < 4.78 is 14.2. The number of hydrogen-bond acceptors (Lipinski definition) is 3. The van der Waals surface area contributed by atoms with Crippen LogP contribution in [-0.4, -0.2) is 60.5 Å². The van der Waals surface area contributed by atoms with E-state index in [1.807, 2.05) is 20.8 Å². The first kappa shape index (κ1) is 23.2. The molecule has 168 valence electrons. The molecule has 0 radical (unpaired) electrons. The maximum absolute atomic E-state index is 14.2. The van der Waals surface area contributed by atoms with E-state index in [4.69, 9.17) is 4.99 Å². The molecule has 1 aliphatic rings. The lowest BCUT2D eigenvalue weighted by atomic mass is 9.93. The Labute approximate surface area is 188 Å². The second-order valence-corrected chi connectivity index (χ2v) is 8.46. The van der Waals surface area contributed by atoms with Crippen LogP contribution in [0.15, 0.2) is 46.1 Å². The van der Waals surface area contributed by atoms with Crippen molar-refractivity contribution >= 4 is 23.1 Å². The van der Waals surface area contributed by atoms with Crippen molar-refractivity contribution in [2.75, 3.05) is 28.2 Å². The fourth-order valence-electron chi connectivity index (χ4n) is 4.07. The van der Waals surface area contributed by atoms with Gasteiger partial charge in [-0.2, -0.15) is 0 Å². The van der Waals surface area contributed by atoms with E-state index in [2.05, 4.69) is 4.98 Å². The summed E-state index contributed by atoms with van der Waals surface area (Å²) in [6.07, 6.45) is 0. The van der Waals surface area contributed by atoms with Crippen LogP contribution in [-0.2, 0) is 4.79 Å². The van der Waals surface area contributed by atoms with Gasteiger partial charge in [-0.25, -0.2) is 4.39 Å². The van der Waals surface area contributed by atoms with Crippen LogP contribution in [0.1, 0.15) is 46.7 Å². The molecule has 0 saturated carbocycles. The van der Waals surface area contributed by atoms with E-state index in [0.29, 0.717) is 44.9 Å². The number of carbonyl (C=O) groups excluding carboxylic acids is 2. The molecule has 2 amide bonds. The van der Waals surface area contributed by atoms with Crippen LogP contribution in [0.2, 0.25) is 0 Å². The van der Waals surface area contributed by atoms with Crippen LogP contribution < -0.4 is 0 Å². The van der Waals surface area contributed by atoms with Crippen molar-refractivity contribution in [2.24, 2.45) is 4.99 Å². The largest absolute Gasteiger partial charge is 0.358 e. The molecule has 0 spiro atoms. The van der Waals surface area contributed by atoms with Crippen molar-refractivity contribution in [3.63, 3.8) is 0 Å². The van der Waals surface area contributed by atoms with Crippen molar-refractivity contribution in [2.45, 2.75) is 27.7 Å². The molecule has 1 aromatic heterocycles. The third-order valence-corrected chi connectivity index (χ3v) is 5.65. The molecule has 32 heavy (non-hydrogen) atoms. The summed E-state index contributed by atoms with van der Waals surface area (Å²) >= 11 is 0. The molecule has 3 rings (SSSR count). The quantitative estimate of drug-likeness (QED) is 0.784. The maximum Gasteiger partial charge on any atom is 0.255 e. The molecule has 0 saturated heterocycles. The number of nitrogens with zero attached hydrogens (tertiary/aromatic N) is 3. The minimum Gasteiger partial charge on any atom is -0.358 e. The lowest BCUT2D eigenvalue weighted by Gasteiger charge is -2.14. The molecule has 0 unspecified atom stereocenters. The summed E-state index contributed by atoms with van der Waals surface area (Å²) in [6.45, 7) is 7.35. The van der Waals surface area contributed by atoms with Crippen molar-refractivity contribution < 1.29 is 14.0 Å². The van der Waals surface area contributed by atoms with Crippen LogP contribution in [0.5, 0.6) is 0 Å². The number of carbonyl (C=O) groups is 2. The van der Waals surface area contributed by atoms with E-state index in [9.17, 15) is 14.0 Å². The zero-order valence-electron chi connectivity index (χ0n) is 19.8. The number of amides is 2. The summed E-state index contributed by atoms with van der Waals surface area (Å²) in [7, 11) is 6.80. The maximum atomic E-state index is 14.2. The molecular weight excluding hydrogens is 407 g/mol. The van der Waals surface area contributed by atoms with Crippen LogP contribution in [0.4, 0.5) is 4.39 Å². The van der Waals surface area contributed by atoms with E-state index in [0.717, 1.165) is 11.3 Å². The molecule has 1 N–H and O–H groups in total. The number of halogens is 1. The van der Waals surface area contributed by atoms with Crippen molar-refractivity contribution in [1.82, 2.24) is 14.8 Å². The highest BCUT2D eigenvalue weighted by Gasteiger charge is 2.30. The number of nitrogens with one attached hydrogen (secondary N) is 1. The number of aryl methyl sites for hydroxylation is 1. The first-order valence-corrected chi connectivity index (χ1v) is 10.4. The summed E-state index contributed by atoms with van der Waals surface area (Å²) in [5.41, 5.74) is 6.44. The average molecular weight is 437 g/mol. The molecule has 7 heteroatoms. The first-order chi connectivity index (χ1) is 15.0. The molecule has 1 aliphatic heterocycles. The zero-order valence-corrected chi connectivity index (χ0v) is 19.8. The normalized spacial score (nSPS) is 15.1. The standard InChI is InChI=1S/C25H29FN4O2/c1-13-19(24(31)29(5)6)15(3)27-22(13)21(17-10-9-11-18(26)12-17)23-14(2)20(16(4)28-23)25(32)30(7)8/h9-12,27H,1-8H3/b23-21-. The number of H-pyrrole nitrogens is 1. The number of allylic oxidation sites excluding steroid dienone is 1. The average Bonchev–Trinajstić information content (AvgIpc) is 3.16. The number of aromatic nitrogens is 1. The Hall–Kier alpha value is -3.48. The second kappa shape index (κ2) is 8.57. The van der Waals surface area contributed by atoms with Crippen molar-refractivity contribution in [1.29, 1.82) is 0 Å². The predicted octanol–water partition coefficient (Wildman–Crippen LogP) is 4.11. The van der Waals surface area contributed by atoms with Gasteiger partial charge in [-0.1, -0.05) is 12.1 Å². The van der Waals surface area contributed by atoms with Gasteiger partial charge in [0.05, 0.1) is 28.2 Å². The Bertz CT molecular complexity index is 1210. The molecule has 2 heterocycles. The second-order valence-electron chi connectivity index (χ2n) is 8.46. The molecule has 0 fully saturated rings. The number of benzene rings is 1. The van der Waals surface area contributed by atoms with E-state index < -0.39 is 0 Å². The van der Waals surface area contributed by atoms with Crippen molar-refractivity contribution in [3.05, 3.63) is 75.0 Å². The summed E-state index contributed by atoms with van der Waals surface area (Å²) in [6, 6.07) is 6.26. The highest BCUT2D eigenvalue weighted by Crippen LogP contribution is 2.38. The Balaban J connectivity index is 2.39. The van der Waals surface area contributed by atoms with Gasteiger partial charge in [-0.15, -0.1) is 0 Å². The van der Waals surface area contributed by atoms with Gasteiger partial charge >= 0.3 is 0 Å². The minimum absolute atomic E-state index is 0.118. The first-order valence-electron chi connectivity index (χ1n) is 10.4. The zero-order chi connectivity index (χ0) is 23.9. The molecule has 0 bridgehead atoms. The molecule has 0 aliphatic carbocycles. The summed E-state index contributed by atoms with van der Waals surface area (Å²) in [5, 5.41) is 0. The molecule has 0 atom stereocenters. The van der Waals surface area contributed by atoms with Gasteiger partial charge in [-0.05, 0) is 56.5 Å². The van der Waals surface area contributed by atoms with E-state index >= 15 is 0 Å². The topological polar surface area (TPSA) is 68.8 Å². The fraction of sp³-hybridized carbons (Fsp3) is 0.320. The van der Waals surface area contributed by atoms with E-state index in [1.54, 1.807) is 47.2 Å². The summed E-state index contributed by atoms with van der Waals surface area (Å²) in [4.78, 5) is 36.7. The van der Waals surface area contributed by atoms with Crippen LogP contribution in [0.3, 0.4) is 0 Å². The Morgan fingerprint density at radius 2 is 1.59 bits per heavy atom.